The van der Waals surface area contributed by atoms with Crippen molar-refractivity contribution in [2.45, 2.75) is 11.8 Å². The first-order valence-corrected chi connectivity index (χ1v) is 8.82. The van der Waals surface area contributed by atoms with Crippen LogP contribution in [0.25, 0.3) is 0 Å². The number of nitrogens with zero attached hydrogens (tertiary/aromatic N) is 1. The Balaban J connectivity index is 2.25. The van der Waals surface area contributed by atoms with E-state index in [1.807, 2.05) is 0 Å². The molecule has 1 N–H and O–H groups in total. The highest BCUT2D eigenvalue weighted by molar-refractivity contribution is 8.13. The molecule has 5 nitrogen and oxygen atoms in total. The molecule has 0 atom stereocenters. The van der Waals surface area contributed by atoms with Crippen LogP contribution in [0.2, 0.25) is 5.02 Å². The normalized spacial score (nSPS) is 11.3. The summed E-state index contributed by atoms with van der Waals surface area (Å²) in [6, 6.07) is 3.80. The Hall–Kier alpha value is -1.15. The van der Waals surface area contributed by atoms with Gasteiger partial charge in [0.1, 0.15) is 5.69 Å². The lowest BCUT2D eigenvalue weighted by molar-refractivity contribution is 0.102. The molecule has 2 aromatic rings. The maximum atomic E-state index is 11.9. The fourth-order valence-electron chi connectivity index (χ4n) is 1.40. The molecule has 2 rings (SSSR count). The minimum Gasteiger partial charge on any atom is -0.319 e. The fraction of sp³-hybridized carbons (Fsp3) is 0.0909. The van der Waals surface area contributed by atoms with Gasteiger partial charge in [-0.2, -0.15) is 0 Å². The molecule has 0 aliphatic heterocycles. The lowest BCUT2D eigenvalue weighted by atomic mass is 10.3. The van der Waals surface area contributed by atoms with Gasteiger partial charge in [-0.3, -0.25) is 4.79 Å². The molecule has 0 spiro atoms. The number of amides is 1. The highest BCUT2D eigenvalue weighted by atomic mass is 35.7. The van der Waals surface area contributed by atoms with E-state index in [2.05, 4.69) is 10.3 Å². The van der Waals surface area contributed by atoms with Crippen molar-refractivity contribution in [3.63, 3.8) is 0 Å². The summed E-state index contributed by atoms with van der Waals surface area (Å²) in [6.07, 6.45) is 0. The van der Waals surface area contributed by atoms with Gasteiger partial charge in [0, 0.05) is 16.1 Å². The van der Waals surface area contributed by atoms with Crippen molar-refractivity contribution in [3.05, 3.63) is 39.3 Å². The Morgan fingerprint density at radius 1 is 1.40 bits per heavy atom. The summed E-state index contributed by atoms with van der Waals surface area (Å²) < 4.78 is 22.3. The Morgan fingerprint density at radius 2 is 2.10 bits per heavy atom. The first kappa shape index (κ1) is 15.2. The minimum absolute atomic E-state index is 0.0760. The molecule has 1 aromatic carbocycles. The van der Waals surface area contributed by atoms with E-state index in [0.29, 0.717) is 0 Å². The number of halogens is 2. The van der Waals surface area contributed by atoms with Crippen molar-refractivity contribution in [1.29, 1.82) is 0 Å². The van der Waals surface area contributed by atoms with Gasteiger partial charge in [0.2, 0.25) is 0 Å². The van der Waals surface area contributed by atoms with E-state index in [1.54, 1.807) is 12.3 Å². The second-order valence-electron chi connectivity index (χ2n) is 3.79. The maximum absolute atomic E-state index is 11.9. The molecule has 9 heteroatoms. The smallest absolute Gasteiger partial charge is 0.275 e. The molecule has 1 heterocycles. The van der Waals surface area contributed by atoms with Gasteiger partial charge in [0.25, 0.3) is 15.0 Å². The van der Waals surface area contributed by atoms with E-state index < -0.39 is 15.0 Å². The quantitative estimate of drug-likeness (QED) is 0.861. The number of nitrogens with one attached hydrogen (secondary N) is 1. The van der Waals surface area contributed by atoms with E-state index in [-0.39, 0.29) is 21.3 Å². The van der Waals surface area contributed by atoms with Crippen LogP contribution in [-0.2, 0) is 9.05 Å². The molecule has 0 aliphatic carbocycles. The van der Waals surface area contributed by atoms with Gasteiger partial charge in [0.15, 0.2) is 0 Å². The van der Waals surface area contributed by atoms with Gasteiger partial charge in [-0.15, -0.1) is 11.3 Å². The van der Waals surface area contributed by atoms with Crippen molar-refractivity contribution in [1.82, 2.24) is 4.98 Å². The Bertz CT molecular complexity index is 772. The van der Waals surface area contributed by atoms with Crippen LogP contribution >= 0.6 is 33.6 Å². The largest absolute Gasteiger partial charge is 0.319 e. The fourth-order valence-corrected chi connectivity index (χ4v) is 3.07. The van der Waals surface area contributed by atoms with Crippen LogP contribution in [-0.4, -0.2) is 19.3 Å². The third kappa shape index (κ3) is 3.49. The molecule has 0 radical (unpaired) electrons. The molecule has 0 aliphatic rings. The molecule has 0 saturated heterocycles. The topological polar surface area (TPSA) is 76.1 Å². The Kier molecular flexibility index (Phi) is 4.33. The molecule has 1 amide bonds. The number of hydrogen-bond donors (Lipinski definition) is 1. The zero-order valence-electron chi connectivity index (χ0n) is 10.1. The minimum atomic E-state index is -3.85. The van der Waals surface area contributed by atoms with Crippen molar-refractivity contribution in [3.8, 4) is 0 Å². The number of rotatable bonds is 3. The number of benzene rings is 1. The first-order chi connectivity index (χ1) is 9.27. The zero-order valence-corrected chi connectivity index (χ0v) is 13.2. The molecule has 20 heavy (non-hydrogen) atoms. The van der Waals surface area contributed by atoms with Crippen molar-refractivity contribution in [2.24, 2.45) is 0 Å². The van der Waals surface area contributed by atoms with Gasteiger partial charge in [-0.05, 0) is 25.1 Å². The van der Waals surface area contributed by atoms with Crippen molar-refractivity contribution >= 4 is 54.3 Å². The second kappa shape index (κ2) is 5.69. The molecular weight excluding hydrogens is 343 g/mol. The van der Waals surface area contributed by atoms with Gasteiger partial charge in [0.05, 0.1) is 20.6 Å². The monoisotopic (exact) mass is 350 g/mol. The number of thiazole rings is 1. The molecule has 0 unspecified atom stereocenters. The number of aryl methyl sites for hydroxylation is 1. The molecule has 1 aromatic heterocycles. The third-order valence-electron chi connectivity index (χ3n) is 2.32. The van der Waals surface area contributed by atoms with Gasteiger partial charge in [-0.1, -0.05) is 11.6 Å². The summed E-state index contributed by atoms with van der Waals surface area (Å²) >= 11 is 7.27. The summed E-state index contributed by atoms with van der Waals surface area (Å²) in [4.78, 5) is 15.8. The number of aromatic nitrogens is 1. The van der Waals surface area contributed by atoms with E-state index in [1.165, 1.54) is 29.5 Å². The average Bonchev–Trinajstić information content (AvgIpc) is 2.77. The summed E-state index contributed by atoms with van der Waals surface area (Å²) in [5, 5.41) is 5.02. The lowest BCUT2D eigenvalue weighted by Crippen LogP contribution is -2.12. The van der Waals surface area contributed by atoms with Crippen LogP contribution < -0.4 is 5.32 Å². The third-order valence-corrected chi connectivity index (χ3v) is 4.76. The highest BCUT2D eigenvalue weighted by Gasteiger charge is 2.15. The van der Waals surface area contributed by atoms with E-state index in [9.17, 15) is 13.2 Å². The number of hydrogen-bond acceptors (Lipinski definition) is 5. The highest BCUT2D eigenvalue weighted by Crippen LogP contribution is 2.27. The first-order valence-electron chi connectivity index (χ1n) is 5.25. The van der Waals surface area contributed by atoms with Gasteiger partial charge < -0.3 is 5.32 Å². The van der Waals surface area contributed by atoms with Crippen LogP contribution in [0, 0.1) is 6.92 Å². The molecule has 0 saturated carbocycles. The van der Waals surface area contributed by atoms with Crippen molar-refractivity contribution in [2.75, 3.05) is 5.32 Å². The van der Waals surface area contributed by atoms with Crippen LogP contribution in [0.1, 0.15) is 15.5 Å². The van der Waals surface area contributed by atoms with E-state index in [0.717, 1.165) is 5.01 Å². The van der Waals surface area contributed by atoms with Gasteiger partial charge >= 0.3 is 0 Å². The standard InChI is InChI=1S/C11H8Cl2N2O3S2/c1-6-14-10(5-19-6)11(16)15-9-3-2-7(4-8(9)12)20(13,17)18/h2-5H,1H3,(H,15,16). The van der Waals surface area contributed by atoms with Crippen LogP contribution in [0.15, 0.2) is 28.5 Å². The number of anilines is 1. The van der Waals surface area contributed by atoms with Crippen LogP contribution in [0.3, 0.4) is 0 Å². The molecule has 0 bridgehead atoms. The molecular formula is C11H8Cl2N2O3S2. The van der Waals surface area contributed by atoms with Crippen molar-refractivity contribution < 1.29 is 13.2 Å². The Morgan fingerprint density at radius 3 is 2.60 bits per heavy atom. The average molecular weight is 351 g/mol. The summed E-state index contributed by atoms with van der Waals surface area (Å²) in [5.41, 5.74) is 0.559. The number of carbonyl (C=O) groups is 1. The predicted molar refractivity (Wildman–Crippen MR) is 79.3 cm³/mol. The molecule has 0 fully saturated rings. The SMILES string of the molecule is Cc1nc(C(=O)Nc2ccc(S(=O)(=O)Cl)cc2Cl)cs1. The Labute approximate surface area is 129 Å². The predicted octanol–water partition coefficient (Wildman–Crippen LogP) is 3.28. The van der Waals surface area contributed by atoms with E-state index in [4.69, 9.17) is 22.3 Å². The zero-order chi connectivity index (χ0) is 14.9. The summed E-state index contributed by atoms with van der Waals surface area (Å²) in [5.74, 6) is -0.419. The van der Waals surface area contributed by atoms with Gasteiger partial charge in [-0.25, -0.2) is 13.4 Å². The maximum Gasteiger partial charge on any atom is 0.275 e. The van der Waals surface area contributed by atoms with Crippen LogP contribution in [0.5, 0.6) is 0 Å². The number of carbonyl (C=O) groups excluding carboxylic acids is 1. The second-order valence-corrected chi connectivity index (χ2v) is 7.82. The molecule has 106 valence electrons. The van der Waals surface area contributed by atoms with E-state index >= 15 is 0 Å². The lowest BCUT2D eigenvalue weighted by Gasteiger charge is -2.06. The summed E-state index contributed by atoms with van der Waals surface area (Å²) in [7, 11) is 1.35. The summed E-state index contributed by atoms with van der Waals surface area (Å²) in [6.45, 7) is 1.79. The van der Waals surface area contributed by atoms with Crippen LogP contribution in [0.4, 0.5) is 5.69 Å².